The van der Waals surface area contributed by atoms with Gasteiger partial charge in [-0.05, 0) is 29.7 Å². The van der Waals surface area contributed by atoms with Crippen LogP contribution in [0.5, 0.6) is 0 Å². The predicted molar refractivity (Wildman–Crippen MR) is 65.5 cm³/mol. The first-order valence-electron chi connectivity index (χ1n) is 4.76. The minimum Gasteiger partial charge on any atom is -0.481 e. The maximum Gasteiger partial charge on any atom is 0.303 e. The summed E-state index contributed by atoms with van der Waals surface area (Å²) in [6.07, 6.45) is -0.927. The highest BCUT2D eigenvalue weighted by atomic mass is 79.9. The molecule has 0 bridgehead atoms. The van der Waals surface area contributed by atoms with E-state index < -0.39 is 12.1 Å². The predicted octanol–water partition coefficient (Wildman–Crippen LogP) is 3.25. The van der Waals surface area contributed by atoms with Crippen LogP contribution in [-0.2, 0) is 4.79 Å². The van der Waals surface area contributed by atoms with E-state index in [1.54, 1.807) is 25.1 Å². The van der Waals surface area contributed by atoms with E-state index in [4.69, 9.17) is 16.7 Å². The van der Waals surface area contributed by atoms with Crippen molar-refractivity contribution in [2.45, 2.75) is 19.4 Å². The van der Waals surface area contributed by atoms with Crippen molar-refractivity contribution < 1.29 is 15.0 Å². The van der Waals surface area contributed by atoms with Crippen molar-refractivity contribution in [3.63, 3.8) is 0 Å². The average molecular weight is 308 g/mol. The first kappa shape index (κ1) is 13.5. The molecule has 1 aromatic carbocycles. The van der Waals surface area contributed by atoms with Gasteiger partial charge in [0.05, 0.1) is 12.5 Å². The first-order valence-corrected chi connectivity index (χ1v) is 5.93. The van der Waals surface area contributed by atoms with Crippen LogP contribution in [0.3, 0.4) is 0 Å². The molecule has 16 heavy (non-hydrogen) atoms. The van der Waals surface area contributed by atoms with Crippen LogP contribution >= 0.6 is 27.5 Å². The smallest absolute Gasteiger partial charge is 0.303 e. The molecule has 0 radical (unpaired) electrons. The van der Waals surface area contributed by atoms with Crippen LogP contribution in [0.4, 0.5) is 0 Å². The number of carbonyl (C=O) groups is 1. The number of hydrogen-bond acceptors (Lipinski definition) is 2. The molecule has 1 rings (SSSR count). The van der Waals surface area contributed by atoms with Gasteiger partial charge in [-0.1, -0.05) is 34.5 Å². The third kappa shape index (κ3) is 3.47. The first-order chi connectivity index (χ1) is 7.41. The van der Waals surface area contributed by atoms with Gasteiger partial charge in [0.15, 0.2) is 0 Å². The number of aliphatic carboxylic acids is 1. The van der Waals surface area contributed by atoms with Crippen molar-refractivity contribution in [3.05, 3.63) is 33.3 Å². The molecule has 0 spiro atoms. The van der Waals surface area contributed by atoms with Gasteiger partial charge in [0.1, 0.15) is 0 Å². The zero-order chi connectivity index (χ0) is 12.3. The Bertz CT molecular complexity index is 395. The topological polar surface area (TPSA) is 57.5 Å². The van der Waals surface area contributed by atoms with Crippen molar-refractivity contribution >= 4 is 33.5 Å². The molecule has 2 N–H and O–H groups in total. The Morgan fingerprint density at radius 3 is 2.75 bits per heavy atom. The van der Waals surface area contributed by atoms with Gasteiger partial charge in [-0.2, -0.15) is 0 Å². The van der Waals surface area contributed by atoms with E-state index in [1.165, 1.54) is 0 Å². The molecule has 88 valence electrons. The lowest BCUT2D eigenvalue weighted by atomic mass is 9.95. The highest BCUT2D eigenvalue weighted by Crippen LogP contribution is 2.32. The maximum atomic E-state index is 10.5. The van der Waals surface area contributed by atoms with Crippen molar-refractivity contribution in [2.75, 3.05) is 0 Å². The summed E-state index contributed by atoms with van der Waals surface area (Å²) >= 11 is 9.12. The number of carboxylic acid groups (broad SMARTS) is 1. The van der Waals surface area contributed by atoms with Crippen LogP contribution in [0.2, 0.25) is 5.02 Å². The van der Waals surface area contributed by atoms with E-state index >= 15 is 0 Å². The Kier molecular flexibility index (Phi) is 4.77. The molecular weight excluding hydrogens is 295 g/mol. The molecule has 1 aromatic rings. The third-order valence-electron chi connectivity index (χ3n) is 2.31. The summed E-state index contributed by atoms with van der Waals surface area (Å²) < 4.78 is 0.724. The fourth-order valence-electron chi connectivity index (χ4n) is 1.43. The molecule has 0 aliphatic heterocycles. The van der Waals surface area contributed by atoms with Crippen molar-refractivity contribution in [3.8, 4) is 0 Å². The zero-order valence-electron chi connectivity index (χ0n) is 8.65. The Balaban J connectivity index is 2.90. The number of aliphatic hydroxyl groups is 1. The standard InChI is InChI=1S/C11H12BrClO3/c1-6(4-10(14)15)11(16)8-5-7(13)2-3-9(8)12/h2-3,5-6,11,16H,4H2,1H3,(H,14,15). The van der Waals surface area contributed by atoms with Crippen molar-refractivity contribution in [1.82, 2.24) is 0 Å². The highest BCUT2D eigenvalue weighted by Gasteiger charge is 2.21. The van der Waals surface area contributed by atoms with Crippen LogP contribution < -0.4 is 0 Å². The largest absolute Gasteiger partial charge is 0.481 e. The Morgan fingerprint density at radius 1 is 1.56 bits per heavy atom. The van der Waals surface area contributed by atoms with Crippen LogP contribution in [0.1, 0.15) is 25.0 Å². The van der Waals surface area contributed by atoms with Crippen LogP contribution in [0.15, 0.2) is 22.7 Å². The number of aliphatic hydroxyl groups excluding tert-OH is 1. The fraction of sp³-hybridized carbons (Fsp3) is 0.364. The van der Waals surface area contributed by atoms with Gasteiger partial charge < -0.3 is 10.2 Å². The molecule has 2 unspecified atom stereocenters. The lowest BCUT2D eigenvalue weighted by Crippen LogP contribution is -2.14. The number of carboxylic acids is 1. The van der Waals surface area contributed by atoms with Gasteiger partial charge in [0.2, 0.25) is 0 Å². The summed E-state index contributed by atoms with van der Waals surface area (Å²) in [5.41, 5.74) is 0.612. The Morgan fingerprint density at radius 2 is 2.19 bits per heavy atom. The normalized spacial score (nSPS) is 14.5. The molecule has 0 heterocycles. The monoisotopic (exact) mass is 306 g/mol. The van der Waals surface area contributed by atoms with E-state index in [-0.39, 0.29) is 12.3 Å². The van der Waals surface area contributed by atoms with Crippen LogP contribution in [0.25, 0.3) is 0 Å². The second-order valence-electron chi connectivity index (χ2n) is 3.69. The SMILES string of the molecule is CC(CC(=O)O)C(O)c1cc(Cl)ccc1Br. The molecule has 0 amide bonds. The van der Waals surface area contributed by atoms with Crippen molar-refractivity contribution in [1.29, 1.82) is 0 Å². The molecule has 0 saturated carbocycles. The van der Waals surface area contributed by atoms with Gasteiger partial charge in [0, 0.05) is 9.50 Å². The summed E-state index contributed by atoms with van der Waals surface area (Å²) in [6.45, 7) is 1.69. The van der Waals surface area contributed by atoms with Gasteiger partial charge in [0.25, 0.3) is 0 Å². The quantitative estimate of drug-likeness (QED) is 0.898. The van der Waals surface area contributed by atoms with Crippen LogP contribution in [-0.4, -0.2) is 16.2 Å². The third-order valence-corrected chi connectivity index (χ3v) is 3.27. The second kappa shape index (κ2) is 5.66. The molecule has 3 nitrogen and oxygen atoms in total. The molecule has 0 aliphatic rings. The van der Waals surface area contributed by atoms with E-state index in [1.807, 2.05) is 0 Å². The fourth-order valence-corrected chi connectivity index (χ4v) is 2.10. The average Bonchev–Trinajstić information content (AvgIpc) is 2.19. The lowest BCUT2D eigenvalue weighted by Gasteiger charge is -2.19. The summed E-state index contributed by atoms with van der Waals surface area (Å²) in [6, 6.07) is 5.06. The van der Waals surface area contributed by atoms with E-state index in [9.17, 15) is 9.90 Å². The van der Waals surface area contributed by atoms with E-state index in [0.717, 1.165) is 4.47 Å². The van der Waals surface area contributed by atoms with Gasteiger partial charge in [-0.25, -0.2) is 0 Å². The zero-order valence-corrected chi connectivity index (χ0v) is 11.0. The molecular formula is C11H12BrClO3. The maximum absolute atomic E-state index is 10.5. The number of rotatable bonds is 4. The van der Waals surface area contributed by atoms with Gasteiger partial charge in [-0.3, -0.25) is 4.79 Å². The summed E-state index contributed by atoms with van der Waals surface area (Å²) in [5, 5.41) is 19.2. The number of hydrogen-bond donors (Lipinski definition) is 2. The summed E-state index contributed by atoms with van der Waals surface area (Å²) in [4.78, 5) is 10.5. The van der Waals surface area contributed by atoms with Crippen molar-refractivity contribution in [2.24, 2.45) is 5.92 Å². The molecule has 0 aliphatic carbocycles. The second-order valence-corrected chi connectivity index (χ2v) is 4.98. The molecule has 0 fully saturated rings. The summed E-state index contributed by atoms with van der Waals surface area (Å²) in [5.74, 6) is -1.29. The molecule has 0 aromatic heterocycles. The molecule has 0 saturated heterocycles. The number of halogens is 2. The van der Waals surface area contributed by atoms with Gasteiger partial charge >= 0.3 is 5.97 Å². The van der Waals surface area contributed by atoms with E-state index in [2.05, 4.69) is 15.9 Å². The minimum atomic E-state index is -0.926. The summed E-state index contributed by atoms with van der Waals surface area (Å²) in [7, 11) is 0. The molecule has 5 heteroatoms. The Hall–Kier alpha value is -0.580. The van der Waals surface area contributed by atoms with E-state index in [0.29, 0.717) is 10.6 Å². The van der Waals surface area contributed by atoms with Gasteiger partial charge in [-0.15, -0.1) is 0 Å². The molecule has 2 atom stereocenters. The van der Waals surface area contributed by atoms with Crippen LogP contribution in [0, 0.1) is 5.92 Å². The number of benzene rings is 1. The Labute approximate surface area is 107 Å². The highest BCUT2D eigenvalue weighted by molar-refractivity contribution is 9.10. The lowest BCUT2D eigenvalue weighted by molar-refractivity contribution is -0.139. The minimum absolute atomic E-state index is 0.0832.